The molecule has 7 heteroatoms. The van der Waals surface area contributed by atoms with Crippen LogP contribution in [0.5, 0.6) is 0 Å². The maximum absolute atomic E-state index is 12.3. The molecular weight excluding hydrogens is 274 g/mol. The van der Waals surface area contributed by atoms with Crippen LogP contribution < -0.4 is 21.7 Å². The molecule has 0 aliphatic carbocycles. The molecule has 1 aromatic carbocycles. The molecule has 1 fully saturated rings. The predicted octanol–water partition coefficient (Wildman–Crippen LogP) is 0.330. The number of benzene rings is 1. The Hall–Kier alpha value is -2.15. The number of thiocarbonyl (C=S) groups is 1. The van der Waals surface area contributed by atoms with Gasteiger partial charge in [-0.1, -0.05) is 18.2 Å². The molecule has 106 valence electrons. The summed E-state index contributed by atoms with van der Waals surface area (Å²) in [6.07, 6.45) is 1.35. The Labute approximate surface area is 122 Å². The van der Waals surface area contributed by atoms with Crippen molar-refractivity contribution in [2.45, 2.75) is 18.9 Å². The highest BCUT2D eigenvalue weighted by atomic mass is 32.1. The van der Waals surface area contributed by atoms with Gasteiger partial charge in [-0.2, -0.15) is 0 Å². The van der Waals surface area contributed by atoms with E-state index in [0.29, 0.717) is 24.5 Å². The fourth-order valence-corrected chi connectivity index (χ4v) is 2.39. The minimum absolute atomic E-state index is 0.0362. The van der Waals surface area contributed by atoms with E-state index in [2.05, 4.69) is 10.3 Å². The number of para-hydroxylation sites is 1. The van der Waals surface area contributed by atoms with Crippen LogP contribution in [-0.2, 0) is 4.79 Å². The normalized spacial score (nSPS) is 18.0. The van der Waals surface area contributed by atoms with E-state index in [0.717, 1.165) is 5.69 Å². The van der Waals surface area contributed by atoms with Crippen LogP contribution in [-0.4, -0.2) is 29.6 Å². The molecule has 1 heterocycles. The molecule has 20 heavy (non-hydrogen) atoms. The Bertz CT molecular complexity index is 527. The van der Waals surface area contributed by atoms with E-state index in [1.807, 2.05) is 30.3 Å². The number of guanidine groups is 1. The zero-order valence-corrected chi connectivity index (χ0v) is 11.8. The summed E-state index contributed by atoms with van der Waals surface area (Å²) in [6, 6.07) is 9.04. The van der Waals surface area contributed by atoms with Gasteiger partial charge in [0.25, 0.3) is 5.91 Å². The Kier molecular flexibility index (Phi) is 4.52. The summed E-state index contributed by atoms with van der Waals surface area (Å²) >= 11 is 5.22. The molecule has 0 aromatic heterocycles. The Morgan fingerprint density at radius 3 is 2.70 bits per heavy atom. The highest BCUT2D eigenvalue weighted by molar-refractivity contribution is 7.80. The molecule has 2 rings (SSSR count). The van der Waals surface area contributed by atoms with Gasteiger partial charge < -0.3 is 16.8 Å². The van der Waals surface area contributed by atoms with Crippen molar-refractivity contribution in [2.75, 3.05) is 11.4 Å². The van der Waals surface area contributed by atoms with Gasteiger partial charge >= 0.3 is 0 Å². The van der Waals surface area contributed by atoms with Crippen molar-refractivity contribution in [1.29, 1.82) is 0 Å². The first kappa shape index (κ1) is 14.3. The summed E-state index contributed by atoms with van der Waals surface area (Å²) in [5.74, 6) is 0.0306. The van der Waals surface area contributed by atoms with Gasteiger partial charge in [-0.15, -0.1) is 0 Å². The van der Waals surface area contributed by atoms with Crippen LogP contribution in [0.1, 0.15) is 12.8 Å². The van der Waals surface area contributed by atoms with Crippen LogP contribution in [0.2, 0.25) is 0 Å². The Balaban J connectivity index is 1.97. The molecule has 0 bridgehead atoms. The van der Waals surface area contributed by atoms with Crippen LogP contribution in [0.4, 0.5) is 5.69 Å². The molecule has 1 aliphatic heterocycles. The van der Waals surface area contributed by atoms with Crippen LogP contribution in [0.3, 0.4) is 0 Å². The van der Waals surface area contributed by atoms with Gasteiger partial charge in [0.1, 0.15) is 6.04 Å². The van der Waals surface area contributed by atoms with Crippen LogP contribution in [0.25, 0.3) is 0 Å². The standard InChI is InChI=1S/C13H17N5OS/c14-12(15)16-8-4-7-10-11(19)18(13(20)17-10)9-5-2-1-3-6-9/h1-3,5-6,10H,4,7-8H2,(H,17,20)(H4,14,15,16)/t10-/m0/s1. The first-order valence-electron chi connectivity index (χ1n) is 6.34. The number of nitrogens with zero attached hydrogens (tertiary/aromatic N) is 2. The molecule has 1 aromatic rings. The molecule has 1 saturated heterocycles. The second-order valence-corrected chi connectivity index (χ2v) is 4.85. The monoisotopic (exact) mass is 291 g/mol. The van der Waals surface area contributed by atoms with Crippen molar-refractivity contribution in [3.63, 3.8) is 0 Å². The van der Waals surface area contributed by atoms with E-state index in [9.17, 15) is 4.79 Å². The maximum atomic E-state index is 12.3. The SMILES string of the molecule is NC(N)=NCCC[C@@H]1NC(=S)N(c2ccccc2)C1=O. The summed E-state index contributed by atoms with van der Waals surface area (Å²) in [7, 11) is 0. The van der Waals surface area contributed by atoms with E-state index in [1.54, 1.807) is 0 Å². The fourth-order valence-electron chi connectivity index (χ4n) is 2.05. The van der Waals surface area contributed by atoms with Crippen LogP contribution in [0.15, 0.2) is 35.3 Å². The van der Waals surface area contributed by atoms with Crippen molar-refractivity contribution < 1.29 is 4.79 Å². The molecule has 0 spiro atoms. The molecule has 5 N–H and O–H groups in total. The summed E-state index contributed by atoms with van der Waals surface area (Å²) in [6.45, 7) is 0.506. The van der Waals surface area contributed by atoms with Gasteiger partial charge in [0, 0.05) is 6.54 Å². The van der Waals surface area contributed by atoms with Crippen molar-refractivity contribution in [3.05, 3.63) is 30.3 Å². The quantitative estimate of drug-likeness (QED) is 0.314. The average Bonchev–Trinajstić information content (AvgIpc) is 2.70. The lowest BCUT2D eigenvalue weighted by atomic mass is 10.1. The molecule has 1 atom stereocenters. The zero-order chi connectivity index (χ0) is 14.5. The van der Waals surface area contributed by atoms with Gasteiger partial charge in [-0.3, -0.25) is 14.7 Å². The number of hydrogen-bond donors (Lipinski definition) is 3. The number of nitrogens with two attached hydrogens (primary N) is 2. The summed E-state index contributed by atoms with van der Waals surface area (Å²) in [4.78, 5) is 17.8. The molecule has 1 amide bonds. The second kappa shape index (κ2) is 6.33. The largest absolute Gasteiger partial charge is 0.370 e. The van der Waals surface area contributed by atoms with E-state index >= 15 is 0 Å². The second-order valence-electron chi connectivity index (χ2n) is 4.46. The molecule has 6 nitrogen and oxygen atoms in total. The third kappa shape index (κ3) is 3.24. The van der Waals surface area contributed by atoms with Crippen molar-refractivity contribution in [1.82, 2.24) is 5.32 Å². The average molecular weight is 291 g/mol. The van der Waals surface area contributed by atoms with Crippen LogP contribution in [0, 0.1) is 0 Å². The minimum atomic E-state index is -0.308. The maximum Gasteiger partial charge on any atom is 0.255 e. The Morgan fingerprint density at radius 1 is 1.35 bits per heavy atom. The van der Waals surface area contributed by atoms with Crippen molar-refractivity contribution in [3.8, 4) is 0 Å². The predicted molar refractivity (Wildman–Crippen MR) is 83.4 cm³/mol. The topological polar surface area (TPSA) is 96.7 Å². The van der Waals surface area contributed by atoms with Gasteiger partial charge in [-0.05, 0) is 37.2 Å². The number of carbonyl (C=O) groups excluding carboxylic acids is 1. The highest BCUT2D eigenvalue weighted by Crippen LogP contribution is 2.20. The van der Waals surface area contributed by atoms with Crippen molar-refractivity contribution >= 4 is 34.9 Å². The molecule has 1 aliphatic rings. The van der Waals surface area contributed by atoms with Gasteiger partial charge in [0.2, 0.25) is 0 Å². The number of rotatable bonds is 5. The first-order valence-corrected chi connectivity index (χ1v) is 6.75. The fraction of sp³-hybridized carbons (Fsp3) is 0.308. The third-order valence-corrected chi connectivity index (χ3v) is 3.28. The number of aliphatic imine (C=N–C) groups is 1. The first-order chi connectivity index (χ1) is 9.59. The summed E-state index contributed by atoms with van der Waals surface area (Å²) < 4.78 is 0. The molecule has 0 radical (unpaired) electrons. The van der Waals surface area contributed by atoms with Crippen molar-refractivity contribution in [2.24, 2.45) is 16.5 Å². The number of anilines is 1. The van der Waals surface area contributed by atoms with E-state index in [-0.39, 0.29) is 17.9 Å². The van der Waals surface area contributed by atoms with E-state index < -0.39 is 0 Å². The molecular formula is C13H17N5OS. The lowest BCUT2D eigenvalue weighted by Crippen LogP contribution is -2.31. The van der Waals surface area contributed by atoms with E-state index in [4.69, 9.17) is 23.7 Å². The van der Waals surface area contributed by atoms with Gasteiger partial charge in [-0.25, -0.2) is 0 Å². The lowest BCUT2D eigenvalue weighted by Gasteiger charge is -2.14. The smallest absolute Gasteiger partial charge is 0.255 e. The molecule has 0 unspecified atom stereocenters. The lowest BCUT2D eigenvalue weighted by molar-refractivity contribution is -0.118. The highest BCUT2D eigenvalue weighted by Gasteiger charge is 2.35. The Morgan fingerprint density at radius 2 is 2.05 bits per heavy atom. The third-order valence-electron chi connectivity index (χ3n) is 2.98. The number of amides is 1. The number of hydrogen-bond acceptors (Lipinski definition) is 3. The number of carbonyl (C=O) groups is 1. The summed E-state index contributed by atoms with van der Waals surface area (Å²) in [5.41, 5.74) is 11.3. The van der Waals surface area contributed by atoms with Crippen LogP contribution >= 0.6 is 12.2 Å². The number of nitrogens with one attached hydrogen (secondary N) is 1. The van der Waals surface area contributed by atoms with Gasteiger partial charge in [0.05, 0.1) is 5.69 Å². The van der Waals surface area contributed by atoms with Gasteiger partial charge in [0.15, 0.2) is 11.1 Å². The zero-order valence-electron chi connectivity index (χ0n) is 11.0. The minimum Gasteiger partial charge on any atom is -0.370 e. The molecule has 0 saturated carbocycles. The van der Waals surface area contributed by atoms with E-state index in [1.165, 1.54) is 4.90 Å². The summed E-state index contributed by atoms with van der Waals surface area (Å²) in [5, 5.41) is 3.48.